The third-order valence-corrected chi connectivity index (χ3v) is 6.55. The van der Waals surface area contributed by atoms with Gasteiger partial charge >= 0.3 is 5.97 Å². The van der Waals surface area contributed by atoms with Crippen LogP contribution in [-0.4, -0.2) is 24.9 Å². The predicted octanol–water partition coefficient (Wildman–Crippen LogP) is 3.34. The number of rotatable bonds is 4. The second kappa shape index (κ2) is 7.94. The molecule has 4 atom stereocenters. The smallest absolute Gasteiger partial charge is 0.331 e. The zero-order valence-electron chi connectivity index (χ0n) is 17.8. The molecule has 7 heteroatoms. The molecule has 33 heavy (non-hydrogen) atoms. The molecule has 0 bridgehead atoms. The molecule has 3 aromatic rings. The van der Waals surface area contributed by atoms with E-state index in [1.807, 2.05) is 0 Å². The lowest BCUT2D eigenvalue weighted by Crippen LogP contribution is -2.53. The third-order valence-electron chi connectivity index (χ3n) is 6.55. The average Bonchev–Trinajstić information content (AvgIpc) is 3.34. The van der Waals surface area contributed by atoms with Crippen LogP contribution in [0.5, 0.6) is 0 Å². The van der Waals surface area contributed by atoms with Gasteiger partial charge in [-0.05, 0) is 23.8 Å². The summed E-state index contributed by atoms with van der Waals surface area (Å²) in [5.41, 5.74) is -0.572. The van der Waals surface area contributed by atoms with E-state index in [0.717, 1.165) is 4.90 Å². The summed E-state index contributed by atoms with van der Waals surface area (Å²) in [6, 6.07) is 22.4. The number of carbonyl (C=O) groups excluding carboxylic acids is 3. The third kappa shape index (κ3) is 3.00. The summed E-state index contributed by atoms with van der Waals surface area (Å²) >= 11 is 0. The second-order valence-corrected chi connectivity index (χ2v) is 8.16. The molecule has 166 valence electrons. The number of nitrogens with one attached hydrogen (secondary N) is 1. The van der Waals surface area contributed by atoms with Crippen molar-refractivity contribution in [1.82, 2.24) is 5.32 Å². The standard InChI is InChI=1S/C26H21FN2O4/c1-33-25(32)26(16-10-4-2-5-11-16)21-20(22(28-26)18-14-8-9-15-19(18)27)23(30)29(24(21)31)17-12-6-3-7-13-17/h2-15,20-22,28H,1H3/t20-,21+,22-,26-/m1/s1. The van der Waals surface area contributed by atoms with Crippen molar-refractivity contribution < 1.29 is 23.5 Å². The second-order valence-electron chi connectivity index (χ2n) is 8.16. The van der Waals surface area contributed by atoms with E-state index in [4.69, 9.17) is 4.74 Å². The Hall–Kier alpha value is -3.84. The number of fused-ring (bicyclic) bond motifs is 1. The van der Waals surface area contributed by atoms with Crippen LogP contribution in [0.4, 0.5) is 10.1 Å². The van der Waals surface area contributed by atoms with Crippen molar-refractivity contribution in [2.45, 2.75) is 11.6 Å². The summed E-state index contributed by atoms with van der Waals surface area (Å²) in [6.07, 6.45) is 0. The summed E-state index contributed by atoms with van der Waals surface area (Å²) in [7, 11) is 1.23. The van der Waals surface area contributed by atoms with Gasteiger partial charge in [0.1, 0.15) is 5.82 Å². The van der Waals surface area contributed by atoms with Crippen LogP contribution in [0.1, 0.15) is 17.2 Å². The van der Waals surface area contributed by atoms with Crippen LogP contribution in [0.2, 0.25) is 0 Å². The van der Waals surface area contributed by atoms with Crippen molar-refractivity contribution in [3.8, 4) is 0 Å². The van der Waals surface area contributed by atoms with Gasteiger partial charge in [0, 0.05) is 11.6 Å². The minimum Gasteiger partial charge on any atom is -0.467 e. The summed E-state index contributed by atoms with van der Waals surface area (Å²) < 4.78 is 20.1. The van der Waals surface area contributed by atoms with E-state index in [1.54, 1.807) is 78.9 Å². The van der Waals surface area contributed by atoms with Crippen LogP contribution >= 0.6 is 0 Å². The molecule has 2 saturated heterocycles. The quantitative estimate of drug-likeness (QED) is 0.494. The van der Waals surface area contributed by atoms with Crippen LogP contribution in [0.25, 0.3) is 0 Å². The van der Waals surface area contributed by atoms with E-state index < -0.39 is 47.0 Å². The summed E-state index contributed by atoms with van der Waals surface area (Å²) in [5.74, 6) is -4.38. The number of esters is 1. The van der Waals surface area contributed by atoms with Gasteiger partial charge < -0.3 is 4.74 Å². The number of halogens is 1. The van der Waals surface area contributed by atoms with E-state index in [9.17, 15) is 18.8 Å². The first-order valence-electron chi connectivity index (χ1n) is 10.6. The van der Waals surface area contributed by atoms with Crippen molar-refractivity contribution in [3.05, 3.63) is 102 Å². The fourth-order valence-corrected chi connectivity index (χ4v) is 5.17. The SMILES string of the molecule is COC(=O)[C@]1(c2ccccc2)N[C@H](c2ccccc2F)[C@@H]2C(=O)N(c3ccccc3)C(=O)[C@H]21. The van der Waals surface area contributed by atoms with Crippen molar-refractivity contribution in [1.29, 1.82) is 0 Å². The van der Waals surface area contributed by atoms with Gasteiger partial charge in [0.25, 0.3) is 0 Å². The van der Waals surface area contributed by atoms with E-state index in [0.29, 0.717) is 11.3 Å². The lowest BCUT2D eigenvalue weighted by atomic mass is 9.75. The Morgan fingerprint density at radius 3 is 2.15 bits per heavy atom. The molecular weight excluding hydrogens is 423 g/mol. The molecule has 6 nitrogen and oxygen atoms in total. The summed E-state index contributed by atoms with van der Waals surface area (Å²) in [5, 5.41) is 3.18. The fraction of sp³-hybridized carbons (Fsp3) is 0.192. The Balaban J connectivity index is 1.75. The number of hydrogen-bond donors (Lipinski definition) is 1. The Morgan fingerprint density at radius 1 is 0.909 bits per heavy atom. The number of imide groups is 1. The molecule has 0 spiro atoms. The first kappa shape index (κ1) is 21.0. The molecule has 0 unspecified atom stereocenters. The number of anilines is 1. The molecular formula is C26H21FN2O4. The van der Waals surface area contributed by atoms with Crippen molar-refractivity contribution in [2.75, 3.05) is 12.0 Å². The largest absolute Gasteiger partial charge is 0.467 e. The molecule has 3 aromatic carbocycles. The number of carbonyl (C=O) groups is 3. The molecule has 2 fully saturated rings. The highest BCUT2D eigenvalue weighted by Gasteiger charge is 2.69. The van der Waals surface area contributed by atoms with Crippen molar-refractivity contribution in [3.63, 3.8) is 0 Å². The highest BCUT2D eigenvalue weighted by atomic mass is 19.1. The van der Waals surface area contributed by atoms with Crippen molar-refractivity contribution in [2.24, 2.45) is 11.8 Å². The molecule has 0 saturated carbocycles. The molecule has 2 amide bonds. The van der Waals surface area contributed by atoms with Crippen LogP contribution in [0.3, 0.4) is 0 Å². The fourth-order valence-electron chi connectivity index (χ4n) is 5.17. The highest BCUT2D eigenvalue weighted by molar-refractivity contribution is 6.24. The number of hydrogen-bond acceptors (Lipinski definition) is 5. The number of benzene rings is 3. The van der Waals surface area contributed by atoms with Crippen LogP contribution < -0.4 is 10.2 Å². The first-order chi connectivity index (χ1) is 16.0. The van der Waals surface area contributed by atoms with Crippen LogP contribution in [0, 0.1) is 17.7 Å². The number of nitrogens with zero attached hydrogens (tertiary/aromatic N) is 1. The van der Waals surface area contributed by atoms with Gasteiger partial charge in [-0.3, -0.25) is 14.9 Å². The minimum absolute atomic E-state index is 0.213. The van der Waals surface area contributed by atoms with E-state index >= 15 is 0 Å². The monoisotopic (exact) mass is 444 g/mol. The summed E-state index contributed by atoms with van der Waals surface area (Å²) in [6.45, 7) is 0. The number of amides is 2. The Morgan fingerprint density at radius 2 is 1.52 bits per heavy atom. The van der Waals surface area contributed by atoms with Gasteiger partial charge in [-0.1, -0.05) is 66.7 Å². The molecule has 2 aliphatic rings. The van der Waals surface area contributed by atoms with E-state index in [2.05, 4.69) is 5.32 Å². The molecule has 2 aliphatic heterocycles. The molecule has 5 rings (SSSR count). The Bertz CT molecular complexity index is 1230. The van der Waals surface area contributed by atoms with Crippen LogP contribution in [-0.2, 0) is 24.7 Å². The highest BCUT2D eigenvalue weighted by Crippen LogP contribution is 2.54. The number of ether oxygens (including phenoxy) is 1. The van der Waals surface area contributed by atoms with Gasteiger partial charge in [0.15, 0.2) is 5.54 Å². The van der Waals surface area contributed by atoms with Crippen LogP contribution in [0.15, 0.2) is 84.9 Å². The van der Waals surface area contributed by atoms with Gasteiger partial charge in [0.2, 0.25) is 11.8 Å². The topological polar surface area (TPSA) is 75.7 Å². The zero-order chi connectivity index (χ0) is 23.2. The Labute approximate surface area is 190 Å². The minimum atomic E-state index is -1.66. The van der Waals surface area contributed by atoms with Gasteiger partial charge in [-0.2, -0.15) is 0 Å². The molecule has 2 heterocycles. The maximum atomic E-state index is 14.9. The maximum absolute atomic E-state index is 14.9. The lowest BCUT2D eigenvalue weighted by Gasteiger charge is -2.33. The molecule has 1 N–H and O–H groups in total. The normalized spacial score (nSPS) is 26.4. The first-order valence-corrected chi connectivity index (χ1v) is 10.6. The molecule has 0 aliphatic carbocycles. The number of para-hydroxylation sites is 1. The van der Waals surface area contributed by atoms with Gasteiger partial charge in [0.05, 0.1) is 24.6 Å². The maximum Gasteiger partial charge on any atom is 0.331 e. The Kier molecular flexibility index (Phi) is 5.06. The average molecular weight is 444 g/mol. The van der Waals surface area contributed by atoms with Gasteiger partial charge in [-0.25, -0.2) is 14.1 Å². The van der Waals surface area contributed by atoms with Gasteiger partial charge in [-0.15, -0.1) is 0 Å². The molecule has 0 aromatic heterocycles. The zero-order valence-corrected chi connectivity index (χ0v) is 17.8. The lowest BCUT2D eigenvalue weighted by molar-refractivity contribution is -0.152. The summed E-state index contributed by atoms with van der Waals surface area (Å²) in [4.78, 5) is 42.0. The van der Waals surface area contributed by atoms with E-state index in [1.165, 1.54) is 13.2 Å². The molecule has 0 radical (unpaired) electrons. The predicted molar refractivity (Wildman–Crippen MR) is 118 cm³/mol. The van der Waals surface area contributed by atoms with Crippen molar-refractivity contribution >= 4 is 23.5 Å². The number of methoxy groups -OCH3 is 1. The van der Waals surface area contributed by atoms with E-state index in [-0.39, 0.29) is 5.56 Å².